The zero-order chi connectivity index (χ0) is 13.8. The second kappa shape index (κ2) is 6.56. The van der Waals surface area contributed by atoms with Crippen molar-refractivity contribution in [3.05, 3.63) is 27.3 Å². The van der Waals surface area contributed by atoms with E-state index in [1.54, 1.807) is 18.2 Å². The zero-order valence-corrected chi connectivity index (χ0v) is 13.2. The Morgan fingerprint density at radius 2 is 2.37 bits per heavy atom. The molecular weight excluding hydrogens is 355 g/mol. The van der Waals surface area contributed by atoms with E-state index >= 15 is 0 Å². The molecule has 19 heavy (non-hydrogen) atoms. The maximum atomic E-state index is 12.4. The van der Waals surface area contributed by atoms with Crippen LogP contribution in [0.25, 0.3) is 0 Å². The molecule has 1 amide bonds. The van der Waals surface area contributed by atoms with E-state index in [0.29, 0.717) is 11.5 Å². The molecule has 1 heterocycles. The standard InChI is InChI=1S/C14H19IN2O2/c1-16-8-10-3-2-6-17(9-10)14(19)11-4-5-12(15)13(18)7-11/h4-5,7,10,16,18H,2-3,6,8-9H2,1H3. The van der Waals surface area contributed by atoms with Crippen molar-refractivity contribution in [3.63, 3.8) is 0 Å². The van der Waals surface area contributed by atoms with Crippen LogP contribution in [-0.4, -0.2) is 42.6 Å². The number of aromatic hydroxyl groups is 1. The number of piperidine rings is 1. The van der Waals surface area contributed by atoms with Gasteiger partial charge in [-0.3, -0.25) is 4.79 Å². The number of nitrogens with one attached hydrogen (secondary N) is 1. The minimum atomic E-state index is 0.0208. The molecule has 1 aromatic rings. The molecular formula is C14H19IN2O2. The van der Waals surface area contributed by atoms with Gasteiger partial charge in [0.2, 0.25) is 0 Å². The predicted octanol–water partition coefficient (Wildman–Crippen LogP) is 2.07. The van der Waals surface area contributed by atoms with E-state index in [4.69, 9.17) is 0 Å². The van der Waals surface area contributed by atoms with Crippen LogP contribution < -0.4 is 5.32 Å². The average Bonchev–Trinajstić information content (AvgIpc) is 2.42. The molecule has 0 radical (unpaired) electrons. The van der Waals surface area contributed by atoms with Crippen LogP contribution in [0.15, 0.2) is 18.2 Å². The molecule has 0 spiro atoms. The summed E-state index contributed by atoms with van der Waals surface area (Å²) in [6, 6.07) is 5.12. The highest BCUT2D eigenvalue weighted by Gasteiger charge is 2.24. The van der Waals surface area contributed by atoms with Crippen LogP contribution in [0, 0.1) is 9.49 Å². The lowest BCUT2D eigenvalue weighted by atomic mass is 9.97. The molecule has 0 saturated carbocycles. The first kappa shape index (κ1) is 14.6. The first-order chi connectivity index (χ1) is 9.11. The number of phenols is 1. The molecule has 2 rings (SSSR count). The summed E-state index contributed by atoms with van der Waals surface area (Å²) in [7, 11) is 1.94. The van der Waals surface area contributed by atoms with Gasteiger partial charge in [-0.05, 0) is 73.1 Å². The maximum Gasteiger partial charge on any atom is 0.253 e. The third kappa shape index (κ3) is 3.60. The normalized spacial score (nSPS) is 19.5. The lowest BCUT2D eigenvalue weighted by Crippen LogP contribution is -2.42. The Morgan fingerprint density at radius 1 is 1.58 bits per heavy atom. The second-order valence-corrected chi connectivity index (χ2v) is 6.15. The van der Waals surface area contributed by atoms with Crippen molar-refractivity contribution in [3.8, 4) is 5.75 Å². The van der Waals surface area contributed by atoms with Gasteiger partial charge < -0.3 is 15.3 Å². The van der Waals surface area contributed by atoms with Crippen LogP contribution in [-0.2, 0) is 0 Å². The number of hydrogen-bond donors (Lipinski definition) is 2. The predicted molar refractivity (Wildman–Crippen MR) is 83.4 cm³/mol. The molecule has 0 aliphatic carbocycles. The number of carbonyl (C=O) groups excluding carboxylic acids is 1. The van der Waals surface area contributed by atoms with Crippen molar-refractivity contribution < 1.29 is 9.90 Å². The minimum absolute atomic E-state index is 0.0208. The Kier molecular flexibility index (Phi) is 5.04. The number of carbonyl (C=O) groups is 1. The molecule has 1 fully saturated rings. The highest BCUT2D eigenvalue weighted by atomic mass is 127. The Hall–Kier alpha value is -0.820. The van der Waals surface area contributed by atoms with Crippen LogP contribution in [0.1, 0.15) is 23.2 Å². The highest BCUT2D eigenvalue weighted by molar-refractivity contribution is 14.1. The first-order valence-corrected chi connectivity index (χ1v) is 7.62. The number of amides is 1. The van der Waals surface area contributed by atoms with Gasteiger partial charge in [0.1, 0.15) is 5.75 Å². The molecule has 1 unspecified atom stereocenters. The number of phenolic OH excluding ortho intramolecular Hbond substituents is 1. The largest absolute Gasteiger partial charge is 0.507 e. The van der Waals surface area contributed by atoms with Crippen LogP contribution in [0.5, 0.6) is 5.75 Å². The van der Waals surface area contributed by atoms with Gasteiger partial charge in [0.25, 0.3) is 5.91 Å². The van der Waals surface area contributed by atoms with E-state index in [-0.39, 0.29) is 11.7 Å². The SMILES string of the molecule is CNCC1CCCN(C(=O)c2ccc(I)c(O)c2)C1. The van der Waals surface area contributed by atoms with Crippen LogP contribution in [0.3, 0.4) is 0 Å². The first-order valence-electron chi connectivity index (χ1n) is 6.54. The topological polar surface area (TPSA) is 52.6 Å². The number of nitrogens with zero attached hydrogens (tertiary/aromatic N) is 1. The van der Waals surface area contributed by atoms with Crippen LogP contribution in [0.2, 0.25) is 0 Å². The summed E-state index contributed by atoms with van der Waals surface area (Å²) >= 11 is 2.05. The van der Waals surface area contributed by atoms with Gasteiger partial charge in [0.05, 0.1) is 3.57 Å². The Morgan fingerprint density at radius 3 is 3.05 bits per heavy atom. The van der Waals surface area contributed by atoms with Crippen molar-refractivity contribution in [2.45, 2.75) is 12.8 Å². The Balaban J connectivity index is 2.08. The van der Waals surface area contributed by atoms with E-state index in [0.717, 1.165) is 29.6 Å². The van der Waals surface area contributed by atoms with Gasteiger partial charge in [-0.25, -0.2) is 0 Å². The maximum absolute atomic E-state index is 12.4. The van der Waals surface area contributed by atoms with Gasteiger partial charge in [-0.2, -0.15) is 0 Å². The summed E-state index contributed by atoms with van der Waals surface area (Å²) in [4.78, 5) is 14.3. The Labute approximate surface area is 127 Å². The molecule has 5 heteroatoms. The van der Waals surface area contributed by atoms with E-state index in [1.807, 2.05) is 34.5 Å². The lowest BCUT2D eigenvalue weighted by Gasteiger charge is -2.32. The summed E-state index contributed by atoms with van der Waals surface area (Å²) in [6.07, 6.45) is 2.22. The molecule has 1 aromatic carbocycles. The third-order valence-corrected chi connectivity index (χ3v) is 4.40. The fourth-order valence-corrected chi connectivity index (χ4v) is 2.87. The summed E-state index contributed by atoms with van der Waals surface area (Å²) in [5.74, 6) is 0.725. The molecule has 1 aliphatic rings. The van der Waals surface area contributed by atoms with Crippen molar-refractivity contribution in [2.75, 3.05) is 26.7 Å². The van der Waals surface area contributed by atoms with Gasteiger partial charge in [-0.15, -0.1) is 0 Å². The molecule has 1 saturated heterocycles. The molecule has 2 N–H and O–H groups in total. The fourth-order valence-electron chi connectivity index (χ4n) is 2.53. The molecule has 1 atom stereocenters. The molecule has 0 bridgehead atoms. The molecule has 4 nitrogen and oxygen atoms in total. The number of rotatable bonds is 3. The number of benzene rings is 1. The summed E-state index contributed by atoms with van der Waals surface area (Å²) < 4.78 is 0.765. The van der Waals surface area contributed by atoms with Crippen LogP contribution in [0.4, 0.5) is 0 Å². The van der Waals surface area contributed by atoms with E-state index in [2.05, 4.69) is 5.32 Å². The fraction of sp³-hybridized carbons (Fsp3) is 0.500. The smallest absolute Gasteiger partial charge is 0.253 e. The molecule has 0 aromatic heterocycles. The van der Waals surface area contributed by atoms with E-state index < -0.39 is 0 Å². The van der Waals surface area contributed by atoms with Gasteiger partial charge in [-0.1, -0.05) is 0 Å². The van der Waals surface area contributed by atoms with E-state index in [9.17, 15) is 9.90 Å². The van der Waals surface area contributed by atoms with Crippen molar-refractivity contribution in [2.24, 2.45) is 5.92 Å². The summed E-state index contributed by atoms with van der Waals surface area (Å²) in [5, 5.41) is 12.9. The number of halogens is 1. The zero-order valence-electron chi connectivity index (χ0n) is 11.0. The minimum Gasteiger partial charge on any atom is -0.507 e. The molecule has 1 aliphatic heterocycles. The monoisotopic (exact) mass is 374 g/mol. The number of likely N-dealkylation sites (tertiary alicyclic amines) is 1. The number of hydrogen-bond acceptors (Lipinski definition) is 3. The Bertz CT molecular complexity index is 463. The quantitative estimate of drug-likeness (QED) is 0.797. The van der Waals surface area contributed by atoms with Crippen molar-refractivity contribution in [1.82, 2.24) is 10.2 Å². The van der Waals surface area contributed by atoms with Gasteiger partial charge in [0.15, 0.2) is 0 Å². The summed E-state index contributed by atoms with van der Waals surface area (Å²) in [5.41, 5.74) is 0.572. The molecule has 104 valence electrons. The van der Waals surface area contributed by atoms with Gasteiger partial charge >= 0.3 is 0 Å². The van der Waals surface area contributed by atoms with Crippen LogP contribution >= 0.6 is 22.6 Å². The summed E-state index contributed by atoms with van der Waals surface area (Å²) in [6.45, 7) is 2.56. The highest BCUT2D eigenvalue weighted by Crippen LogP contribution is 2.23. The lowest BCUT2D eigenvalue weighted by molar-refractivity contribution is 0.0674. The van der Waals surface area contributed by atoms with Crippen molar-refractivity contribution >= 4 is 28.5 Å². The third-order valence-electron chi connectivity index (χ3n) is 3.49. The second-order valence-electron chi connectivity index (χ2n) is 4.98. The van der Waals surface area contributed by atoms with E-state index in [1.165, 1.54) is 6.42 Å². The van der Waals surface area contributed by atoms with Crippen molar-refractivity contribution in [1.29, 1.82) is 0 Å². The van der Waals surface area contributed by atoms with Gasteiger partial charge in [0, 0.05) is 18.7 Å². The average molecular weight is 374 g/mol.